The quantitative estimate of drug-likeness (QED) is 0.588. The van der Waals surface area contributed by atoms with Gasteiger partial charge in [0.05, 0.1) is 18.1 Å². The molecule has 4 nitrogen and oxygen atoms in total. The normalized spacial score (nSPS) is 11.3. The Labute approximate surface area is 133 Å². The summed E-state index contributed by atoms with van der Waals surface area (Å²) in [5.74, 6) is -0.373. The van der Waals surface area contributed by atoms with Gasteiger partial charge in [-0.3, -0.25) is 0 Å². The van der Waals surface area contributed by atoms with Gasteiger partial charge < -0.3 is 9.84 Å². The first-order chi connectivity index (χ1) is 9.84. The number of rotatable bonds is 7. The van der Waals surface area contributed by atoms with Crippen LogP contribution in [0.5, 0.6) is 5.75 Å². The molecule has 1 aromatic rings. The second kappa shape index (κ2) is 7.84. The molecule has 0 fully saturated rings. The van der Waals surface area contributed by atoms with E-state index in [2.05, 4.69) is 22.0 Å². The summed E-state index contributed by atoms with van der Waals surface area (Å²) in [7, 11) is 0. The molecule has 0 heterocycles. The Morgan fingerprint density at radius 1 is 1.52 bits per heavy atom. The maximum Gasteiger partial charge on any atom is 0.328 e. The fourth-order valence-corrected chi connectivity index (χ4v) is 2.07. The second-order valence-electron chi connectivity index (χ2n) is 5.30. The summed E-state index contributed by atoms with van der Waals surface area (Å²) in [4.78, 5) is 10.6. The predicted molar refractivity (Wildman–Crippen MR) is 84.9 cm³/mol. The summed E-state index contributed by atoms with van der Waals surface area (Å²) < 4.78 is 6.54. The van der Waals surface area contributed by atoms with Crippen LogP contribution < -0.4 is 4.74 Å². The predicted octanol–water partition coefficient (Wildman–Crippen LogP) is 4.26. The first kappa shape index (κ1) is 17.3. The van der Waals surface area contributed by atoms with Gasteiger partial charge in [0, 0.05) is 16.1 Å². The number of benzene rings is 1. The first-order valence-corrected chi connectivity index (χ1v) is 7.38. The smallest absolute Gasteiger partial charge is 0.328 e. The molecule has 0 saturated carbocycles. The average Bonchev–Trinajstić information content (AvgIpc) is 2.43. The van der Waals surface area contributed by atoms with Crippen molar-refractivity contribution in [2.24, 2.45) is 5.41 Å². The SMILES string of the molecule is CC(C)(C#N)CCCOc1ccc(Br)cc1C=CC(=O)O. The topological polar surface area (TPSA) is 70.3 Å². The van der Waals surface area contributed by atoms with E-state index in [-0.39, 0.29) is 5.41 Å². The zero-order valence-electron chi connectivity index (χ0n) is 12.1. The summed E-state index contributed by atoms with van der Waals surface area (Å²) in [6.45, 7) is 4.28. The van der Waals surface area contributed by atoms with Crippen molar-refractivity contribution in [3.05, 3.63) is 34.3 Å². The standard InChI is InChI=1S/C16H18BrNO3/c1-16(2,11-18)8-3-9-21-14-6-5-13(17)10-12(14)4-7-15(19)20/h4-7,10H,3,8-9H2,1-2H3,(H,19,20). The van der Waals surface area contributed by atoms with E-state index in [9.17, 15) is 4.79 Å². The van der Waals surface area contributed by atoms with E-state index in [1.165, 1.54) is 6.08 Å². The van der Waals surface area contributed by atoms with Crippen molar-refractivity contribution in [3.8, 4) is 11.8 Å². The molecule has 0 atom stereocenters. The largest absolute Gasteiger partial charge is 0.493 e. The highest BCUT2D eigenvalue weighted by molar-refractivity contribution is 9.10. The summed E-state index contributed by atoms with van der Waals surface area (Å²) in [5, 5.41) is 17.6. The maximum absolute atomic E-state index is 10.6. The molecule has 0 unspecified atom stereocenters. The molecule has 0 aliphatic rings. The van der Waals surface area contributed by atoms with Crippen molar-refractivity contribution in [2.75, 3.05) is 6.61 Å². The fraction of sp³-hybridized carbons (Fsp3) is 0.375. The molecule has 0 aromatic heterocycles. The molecule has 21 heavy (non-hydrogen) atoms. The Morgan fingerprint density at radius 3 is 2.86 bits per heavy atom. The molecule has 0 amide bonds. The van der Waals surface area contributed by atoms with Crippen molar-refractivity contribution in [3.63, 3.8) is 0 Å². The average molecular weight is 352 g/mol. The van der Waals surface area contributed by atoms with E-state index < -0.39 is 5.97 Å². The number of nitriles is 1. The molecular weight excluding hydrogens is 334 g/mol. The third-order valence-corrected chi connectivity index (χ3v) is 3.38. The highest BCUT2D eigenvalue weighted by atomic mass is 79.9. The second-order valence-corrected chi connectivity index (χ2v) is 6.22. The molecular formula is C16H18BrNO3. The Morgan fingerprint density at radius 2 is 2.24 bits per heavy atom. The van der Waals surface area contributed by atoms with Gasteiger partial charge in [-0.1, -0.05) is 15.9 Å². The lowest BCUT2D eigenvalue weighted by Crippen LogP contribution is -2.10. The van der Waals surface area contributed by atoms with Crippen LogP contribution in [0.2, 0.25) is 0 Å². The summed E-state index contributed by atoms with van der Waals surface area (Å²) in [6.07, 6.45) is 4.09. The highest BCUT2D eigenvalue weighted by Gasteiger charge is 2.15. The van der Waals surface area contributed by atoms with Gasteiger partial charge in [0.1, 0.15) is 5.75 Å². The van der Waals surface area contributed by atoms with Crippen LogP contribution >= 0.6 is 15.9 Å². The molecule has 1 aromatic carbocycles. The lowest BCUT2D eigenvalue weighted by molar-refractivity contribution is -0.131. The van der Waals surface area contributed by atoms with Crippen LogP contribution in [-0.4, -0.2) is 17.7 Å². The molecule has 0 aliphatic carbocycles. The Bertz CT molecular complexity index is 573. The van der Waals surface area contributed by atoms with Crippen LogP contribution in [0.3, 0.4) is 0 Å². The van der Waals surface area contributed by atoms with Gasteiger partial charge in [-0.25, -0.2) is 4.79 Å². The summed E-state index contributed by atoms with van der Waals surface area (Å²) in [6, 6.07) is 7.69. The van der Waals surface area contributed by atoms with Crippen molar-refractivity contribution >= 4 is 28.0 Å². The molecule has 0 aliphatic heterocycles. The van der Waals surface area contributed by atoms with E-state index in [0.29, 0.717) is 17.9 Å². The maximum atomic E-state index is 10.6. The first-order valence-electron chi connectivity index (χ1n) is 6.59. The van der Waals surface area contributed by atoms with E-state index in [1.54, 1.807) is 12.1 Å². The van der Waals surface area contributed by atoms with E-state index >= 15 is 0 Å². The lowest BCUT2D eigenvalue weighted by Gasteiger charge is -2.15. The van der Waals surface area contributed by atoms with Crippen molar-refractivity contribution in [2.45, 2.75) is 26.7 Å². The number of ether oxygens (including phenoxy) is 1. The number of carboxylic acids is 1. The van der Waals surface area contributed by atoms with E-state index in [0.717, 1.165) is 23.4 Å². The number of hydrogen-bond acceptors (Lipinski definition) is 3. The minimum atomic E-state index is -1.00. The number of halogens is 1. The number of hydrogen-bond donors (Lipinski definition) is 1. The van der Waals surface area contributed by atoms with Gasteiger partial charge in [0.25, 0.3) is 0 Å². The van der Waals surface area contributed by atoms with E-state index in [4.69, 9.17) is 15.1 Å². The summed E-state index contributed by atoms with van der Waals surface area (Å²) >= 11 is 3.35. The lowest BCUT2D eigenvalue weighted by atomic mass is 9.90. The monoisotopic (exact) mass is 351 g/mol. The minimum Gasteiger partial charge on any atom is -0.493 e. The zero-order valence-corrected chi connectivity index (χ0v) is 13.7. The number of aliphatic carboxylic acids is 1. The molecule has 112 valence electrons. The zero-order chi connectivity index (χ0) is 15.9. The van der Waals surface area contributed by atoms with Crippen LogP contribution in [0.25, 0.3) is 6.08 Å². The number of carbonyl (C=O) groups is 1. The Hall–Kier alpha value is -1.80. The number of carboxylic acid groups (broad SMARTS) is 1. The molecule has 0 spiro atoms. The minimum absolute atomic E-state index is 0.352. The van der Waals surface area contributed by atoms with Gasteiger partial charge in [0.15, 0.2) is 0 Å². The van der Waals surface area contributed by atoms with Gasteiger partial charge in [0.2, 0.25) is 0 Å². The van der Waals surface area contributed by atoms with Gasteiger partial charge in [-0.05, 0) is 51.0 Å². The van der Waals surface area contributed by atoms with Crippen molar-refractivity contribution < 1.29 is 14.6 Å². The Balaban J connectivity index is 2.67. The van der Waals surface area contributed by atoms with Gasteiger partial charge in [-0.2, -0.15) is 5.26 Å². The molecule has 1 rings (SSSR count). The summed E-state index contributed by atoms with van der Waals surface area (Å²) in [5.41, 5.74) is 0.348. The van der Waals surface area contributed by atoms with Crippen LogP contribution in [0.4, 0.5) is 0 Å². The molecule has 0 radical (unpaired) electrons. The van der Waals surface area contributed by atoms with Crippen LogP contribution in [0, 0.1) is 16.7 Å². The molecule has 0 bridgehead atoms. The third kappa shape index (κ3) is 6.46. The van der Waals surface area contributed by atoms with Crippen LogP contribution in [0.1, 0.15) is 32.3 Å². The fourth-order valence-electron chi connectivity index (χ4n) is 1.69. The molecule has 0 saturated heterocycles. The molecule has 1 N–H and O–H groups in total. The van der Waals surface area contributed by atoms with Gasteiger partial charge in [-0.15, -0.1) is 0 Å². The molecule has 5 heteroatoms. The third-order valence-electron chi connectivity index (χ3n) is 2.88. The van der Waals surface area contributed by atoms with Crippen LogP contribution in [0.15, 0.2) is 28.7 Å². The van der Waals surface area contributed by atoms with Crippen molar-refractivity contribution in [1.82, 2.24) is 0 Å². The van der Waals surface area contributed by atoms with Crippen molar-refractivity contribution in [1.29, 1.82) is 5.26 Å². The van der Waals surface area contributed by atoms with E-state index in [1.807, 2.05) is 19.9 Å². The number of nitrogens with zero attached hydrogens (tertiary/aromatic N) is 1. The Kier molecular flexibility index (Phi) is 6.44. The van der Waals surface area contributed by atoms with Gasteiger partial charge >= 0.3 is 5.97 Å². The van der Waals surface area contributed by atoms with Crippen LogP contribution in [-0.2, 0) is 4.79 Å². The highest BCUT2D eigenvalue weighted by Crippen LogP contribution is 2.26.